The summed E-state index contributed by atoms with van der Waals surface area (Å²) in [6, 6.07) is 0. The zero-order valence-corrected chi connectivity index (χ0v) is 13.2. The zero-order chi connectivity index (χ0) is 15.3. The normalized spacial score (nSPS) is 10.2. The van der Waals surface area contributed by atoms with Crippen molar-refractivity contribution < 1.29 is 14.3 Å². The number of carbonyl (C=O) groups excluding carboxylic acids is 2. The van der Waals surface area contributed by atoms with Crippen LogP contribution in [0.4, 0.5) is 0 Å². The van der Waals surface area contributed by atoms with Crippen molar-refractivity contribution in [3.8, 4) is 0 Å². The largest absolute Gasteiger partial charge is 0.465 e. The molecule has 0 aliphatic carbocycles. The molecule has 20 heavy (non-hydrogen) atoms. The maximum atomic E-state index is 12.3. The van der Waals surface area contributed by atoms with E-state index in [1.165, 1.54) is 11.1 Å². The summed E-state index contributed by atoms with van der Waals surface area (Å²) >= 11 is 17.6. The van der Waals surface area contributed by atoms with Crippen molar-refractivity contribution in [2.45, 2.75) is 13.8 Å². The minimum atomic E-state index is -0.510. The summed E-state index contributed by atoms with van der Waals surface area (Å²) in [6.07, 6.45) is 1.24. The number of carbonyl (C=O) groups is 2. The fourth-order valence-corrected chi connectivity index (χ4v) is 1.99. The first kappa shape index (κ1) is 17.0. The SMILES string of the molecule is CCOC(=O)CN(CC)C(=O)c1ncc(Cl)c(Cl)c1Cl. The second kappa shape index (κ2) is 7.67. The summed E-state index contributed by atoms with van der Waals surface area (Å²) < 4.78 is 4.80. The number of aromatic nitrogens is 1. The van der Waals surface area contributed by atoms with E-state index in [0.29, 0.717) is 6.54 Å². The van der Waals surface area contributed by atoms with E-state index < -0.39 is 11.9 Å². The van der Waals surface area contributed by atoms with Gasteiger partial charge < -0.3 is 9.64 Å². The Morgan fingerprint density at radius 1 is 1.25 bits per heavy atom. The number of likely N-dealkylation sites (N-methyl/N-ethyl adjacent to an activating group) is 1. The molecule has 0 aromatic carbocycles. The molecule has 0 atom stereocenters. The van der Waals surface area contributed by atoms with Gasteiger partial charge in [-0.1, -0.05) is 34.8 Å². The highest BCUT2D eigenvalue weighted by Crippen LogP contribution is 2.31. The fourth-order valence-electron chi connectivity index (χ4n) is 1.43. The fraction of sp³-hybridized carbons (Fsp3) is 0.417. The highest BCUT2D eigenvalue weighted by molar-refractivity contribution is 6.48. The predicted octanol–water partition coefficient (Wildman–Crippen LogP) is 3.07. The van der Waals surface area contributed by atoms with Gasteiger partial charge in [-0.3, -0.25) is 9.59 Å². The smallest absolute Gasteiger partial charge is 0.325 e. The first-order valence-corrected chi connectivity index (χ1v) is 7.00. The molecule has 0 saturated heterocycles. The van der Waals surface area contributed by atoms with Crippen molar-refractivity contribution in [1.82, 2.24) is 9.88 Å². The molecular weight excluding hydrogens is 327 g/mol. The lowest BCUT2D eigenvalue weighted by Crippen LogP contribution is -2.37. The van der Waals surface area contributed by atoms with Crippen molar-refractivity contribution in [3.63, 3.8) is 0 Å². The molecule has 0 bridgehead atoms. The Morgan fingerprint density at radius 2 is 1.90 bits per heavy atom. The zero-order valence-electron chi connectivity index (χ0n) is 11.0. The number of nitrogens with zero attached hydrogens (tertiary/aromatic N) is 2. The van der Waals surface area contributed by atoms with Crippen LogP contribution in [0.3, 0.4) is 0 Å². The van der Waals surface area contributed by atoms with Gasteiger partial charge in [0, 0.05) is 12.7 Å². The molecule has 0 saturated carbocycles. The third-order valence-electron chi connectivity index (χ3n) is 2.41. The third-order valence-corrected chi connectivity index (χ3v) is 3.65. The Kier molecular flexibility index (Phi) is 6.52. The van der Waals surface area contributed by atoms with E-state index in [9.17, 15) is 9.59 Å². The summed E-state index contributed by atoms with van der Waals surface area (Å²) in [5.41, 5.74) is -0.0489. The molecule has 1 aromatic rings. The second-order valence-corrected chi connectivity index (χ2v) is 4.87. The minimum Gasteiger partial charge on any atom is -0.465 e. The number of halogens is 3. The lowest BCUT2D eigenvalue weighted by atomic mass is 10.3. The Labute approximate surface area is 131 Å². The number of amides is 1. The monoisotopic (exact) mass is 338 g/mol. The van der Waals surface area contributed by atoms with Gasteiger partial charge in [0.25, 0.3) is 5.91 Å². The van der Waals surface area contributed by atoms with E-state index in [0.717, 1.165) is 0 Å². The maximum absolute atomic E-state index is 12.3. The molecule has 110 valence electrons. The quantitative estimate of drug-likeness (QED) is 0.774. The average molecular weight is 340 g/mol. The molecule has 1 amide bonds. The van der Waals surface area contributed by atoms with E-state index in [1.807, 2.05) is 0 Å². The summed E-state index contributed by atoms with van der Waals surface area (Å²) in [6.45, 7) is 3.78. The predicted molar refractivity (Wildman–Crippen MR) is 77.5 cm³/mol. The van der Waals surface area contributed by atoms with E-state index in [1.54, 1.807) is 13.8 Å². The highest BCUT2D eigenvalue weighted by atomic mass is 35.5. The Hall–Kier alpha value is -1.04. The molecule has 0 aliphatic rings. The van der Waals surface area contributed by atoms with Crippen LogP contribution in [0.15, 0.2) is 6.20 Å². The molecule has 0 spiro atoms. The van der Waals surface area contributed by atoms with Crippen molar-refractivity contribution in [2.24, 2.45) is 0 Å². The van der Waals surface area contributed by atoms with Gasteiger partial charge in [-0.05, 0) is 13.8 Å². The van der Waals surface area contributed by atoms with Crippen LogP contribution in [-0.2, 0) is 9.53 Å². The number of ether oxygens (including phenoxy) is 1. The van der Waals surface area contributed by atoms with E-state index in [4.69, 9.17) is 39.5 Å². The van der Waals surface area contributed by atoms with Gasteiger partial charge in [-0.15, -0.1) is 0 Å². The highest BCUT2D eigenvalue weighted by Gasteiger charge is 2.23. The van der Waals surface area contributed by atoms with Crippen LogP contribution >= 0.6 is 34.8 Å². The van der Waals surface area contributed by atoms with E-state index in [-0.39, 0.29) is 33.9 Å². The van der Waals surface area contributed by atoms with Crippen molar-refractivity contribution >= 4 is 46.7 Å². The molecule has 0 unspecified atom stereocenters. The average Bonchev–Trinajstić information content (AvgIpc) is 2.42. The van der Waals surface area contributed by atoms with E-state index in [2.05, 4.69) is 4.98 Å². The summed E-state index contributed by atoms with van der Waals surface area (Å²) in [4.78, 5) is 28.8. The third kappa shape index (κ3) is 3.98. The summed E-state index contributed by atoms with van der Waals surface area (Å²) in [5.74, 6) is -1.01. The van der Waals surface area contributed by atoms with Crippen LogP contribution < -0.4 is 0 Å². The molecule has 5 nitrogen and oxygen atoms in total. The van der Waals surface area contributed by atoms with Crippen LogP contribution in [0.25, 0.3) is 0 Å². The lowest BCUT2D eigenvalue weighted by molar-refractivity contribution is -0.143. The van der Waals surface area contributed by atoms with Crippen LogP contribution in [0.5, 0.6) is 0 Å². The van der Waals surface area contributed by atoms with Crippen LogP contribution in [0.1, 0.15) is 24.3 Å². The first-order valence-electron chi connectivity index (χ1n) is 5.86. The van der Waals surface area contributed by atoms with Gasteiger partial charge in [0.15, 0.2) is 0 Å². The molecular formula is C12H13Cl3N2O3. The van der Waals surface area contributed by atoms with Gasteiger partial charge >= 0.3 is 5.97 Å². The molecule has 0 aliphatic heterocycles. The van der Waals surface area contributed by atoms with Gasteiger partial charge in [-0.25, -0.2) is 4.98 Å². The number of esters is 1. The lowest BCUT2D eigenvalue weighted by Gasteiger charge is -2.20. The number of hydrogen-bond acceptors (Lipinski definition) is 4. The van der Waals surface area contributed by atoms with Gasteiger partial charge in [-0.2, -0.15) is 0 Å². The van der Waals surface area contributed by atoms with E-state index >= 15 is 0 Å². The standard InChI is InChI=1S/C12H13Cl3N2O3/c1-3-17(6-8(18)20-4-2)12(19)11-10(15)9(14)7(13)5-16-11/h5H,3-4,6H2,1-2H3. The van der Waals surface area contributed by atoms with Crippen LogP contribution in [0, 0.1) is 0 Å². The van der Waals surface area contributed by atoms with Crippen molar-refractivity contribution in [3.05, 3.63) is 27.0 Å². The maximum Gasteiger partial charge on any atom is 0.325 e. The van der Waals surface area contributed by atoms with Gasteiger partial charge in [0.2, 0.25) is 0 Å². The first-order chi connectivity index (χ1) is 9.42. The number of hydrogen-bond donors (Lipinski definition) is 0. The summed E-state index contributed by atoms with van der Waals surface area (Å²) in [7, 11) is 0. The van der Waals surface area contributed by atoms with Crippen LogP contribution in [-0.4, -0.2) is 41.5 Å². The Morgan fingerprint density at radius 3 is 2.45 bits per heavy atom. The Bertz CT molecular complexity index is 523. The van der Waals surface area contributed by atoms with Crippen molar-refractivity contribution in [1.29, 1.82) is 0 Å². The molecule has 1 heterocycles. The topological polar surface area (TPSA) is 59.5 Å². The molecule has 0 N–H and O–H groups in total. The molecule has 1 aromatic heterocycles. The van der Waals surface area contributed by atoms with Crippen LogP contribution in [0.2, 0.25) is 15.1 Å². The minimum absolute atomic E-state index is 0.0357. The molecule has 8 heteroatoms. The molecule has 1 rings (SSSR count). The number of pyridine rings is 1. The van der Waals surface area contributed by atoms with Gasteiger partial charge in [0.1, 0.15) is 12.2 Å². The molecule has 0 radical (unpaired) electrons. The molecule has 0 fully saturated rings. The van der Waals surface area contributed by atoms with Gasteiger partial charge in [0.05, 0.1) is 21.7 Å². The second-order valence-electron chi connectivity index (χ2n) is 3.71. The Balaban J connectivity index is 2.97. The summed E-state index contributed by atoms with van der Waals surface area (Å²) in [5, 5.41) is 0.173. The van der Waals surface area contributed by atoms with Crippen molar-refractivity contribution in [2.75, 3.05) is 19.7 Å². The number of rotatable bonds is 5.